The van der Waals surface area contributed by atoms with Gasteiger partial charge in [0, 0.05) is 13.2 Å². The number of hydrogen-bond acceptors (Lipinski definition) is 4. The zero-order chi connectivity index (χ0) is 22.8. The number of amides is 1. The molecule has 1 atom stereocenters. The molecule has 1 amide bonds. The topological polar surface area (TPSA) is 67.8 Å². The second-order valence-electron chi connectivity index (χ2n) is 8.87. The predicted octanol–water partition coefficient (Wildman–Crippen LogP) is 7.15. The zero-order valence-electron chi connectivity index (χ0n) is 20.8. The molecule has 5 nitrogen and oxygen atoms in total. The molecular formula is C26H53NO4. The summed E-state index contributed by atoms with van der Waals surface area (Å²) in [4.78, 5) is 11.6. The molecule has 1 unspecified atom stereocenters. The van der Waals surface area contributed by atoms with Crippen LogP contribution in [0.1, 0.15) is 129 Å². The lowest BCUT2D eigenvalue weighted by Crippen LogP contribution is -2.34. The molecule has 0 bridgehead atoms. The first-order chi connectivity index (χ1) is 15.2. The van der Waals surface area contributed by atoms with E-state index in [0.717, 1.165) is 19.3 Å². The molecule has 0 rings (SSSR count). The van der Waals surface area contributed by atoms with Gasteiger partial charge in [-0.05, 0) is 12.8 Å². The highest BCUT2D eigenvalue weighted by Crippen LogP contribution is 2.13. The fraction of sp³-hybridized carbons (Fsp3) is 0.962. The van der Waals surface area contributed by atoms with E-state index in [0.29, 0.717) is 13.2 Å². The van der Waals surface area contributed by atoms with E-state index in [1.165, 1.54) is 96.3 Å². The van der Waals surface area contributed by atoms with Crippen molar-refractivity contribution >= 4 is 6.09 Å². The third kappa shape index (κ3) is 23.7. The maximum absolute atomic E-state index is 11.6. The molecule has 5 heteroatoms. The fourth-order valence-electron chi connectivity index (χ4n) is 3.65. The SMILES string of the molecule is CCCCCCCCCCCCCCCCCCOCC(CO)OC(=O)NCCCC. The van der Waals surface area contributed by atoms with Crippen LogP contribution in [0.25, 0.3) is 0 Å². The number of aliphatic hydroxyl groups excluding tert-OH is 1. The van der Waals surface area contributed by atoms with Gasteiger partial charge in [-0.25, -0.2) is 4.79 Å². The highest BCUT2D eigenvalue weighted by molar-refractivity contribution is 5.67. The number of ether oxygens (including phenoxy) is 2. The van der Waals surface area contributed by atoms with E-state index in [1.807, 2.05) is 0 Å². The Morgan fingerprint density at radius 3 is 1.61 bits per heavy atom. The predicted molar refractivity (Wildman–Crippen MR) is 131 cm³/mol. The van der Waals surface area contributed by atoms with Crippen molar-refractivity contribution in [1.82, 2.24) is 5.32 Å². The highest BCUT2D eigenvalue weighted by atomic mass is 16.6. The molecule has 0 fully saturated rings. The Morgan fingerprint density at radius 1 is 0.710 bits per heavy atom. The molecule has 0 aliphatic heterocycles. The maximum atomic E-state index is 11.6. The average molecular weight is 444 g/mol. The van der Waals surface area contributed by atoms with Crippen molar-refractivity contribution in [1.29, 1.82) is 0 Å². The van der Waals surface area contributed by atoms with E-state index in [-0.39, 0.29) is 13.2 Å². The number of aliphatic hydroxyl groups is 1. The van der Waals surface area contributed by atoms with Crippen molar-refractivity contribution in [2.45, 2.75) is 136 Å². The van der Waals surface area contributed by atoms with Crippen LogP contribution >= 0.6 is 0 Å². The zero-order valence-corrected chi connectivity index (χ0v) is 20.8. The Hall–Kier alpha value is -0.810. The van der Waals surface area contributed by atoms with Crippen LogP contribution in [0, 0.1) is 0 Å². The van der Waals surface area contributed by atoms with E-state index in [1.54, 1.807) is 0 Å². The van der Waals surface area contributed by atoms with Crippen LogP contribution in [0.4, 0.5) is 4.79 Å². The van der Waals surface area contributed by atoms with Gasteiger partial charge in [0.2, 0.25) is 0 Å². The van der Waals surface area contributed by atoms with Crippen molar-refractivity contribution in [3.8, 4) is 0 Å². The lowest BCUT2D eigenvalue weighted by molar-refractivity contribution is -0.00759. The summed E-state index contributed by atoms with van der Waals surface area (Å²) < 4.78 is 10.7. The summed E-state index contributed by atoms with van der Waals surface area (Å²) in [5, 5.41) is 12.0. The molecule has 0 saturated carbocycles. The maximum Gasteiger partial charge on any atom is 0.407 e. The molecule has 0 aliphatic rings. The third-order valence-corrected chi connectivity index (χ3v) is 5.72. The molecule has 186 valence electrons. The minimum atomic E-state index is -0.581. The Kier molecular flexibility index (Phi) is 24.8. The van der Waals surface area contributed by atoms with Crippen LogP contribution in [0.3, 0.4) is 0 Å². The number of nitrogens with one attached hydrogen (secondary N) is 1. The molecule has 0 spiro atoms. The van der Waals surface area contributed by atoms with Gasteiger partial charge in [0.15, 0.2) is 0 Å². The van der Waals surface area contributed by atoms with E-state index in [2.05, 4.69) is 19.2 Å². The molecule has 0 aromatic heterocycles. The molecule has 0 saturated heterocycles. The smallest absolute Gasteiger partial charge is 0.407 e. The van der Waals surface area contributed by atoms with Gasteiger partial charge >= 0.3 is 6.09 Å². The summed E-state index contributed by atoms with van der Waals surface area (Å²) in [7, 11) is 0. The van der Waals surface area contributed by atoms with E-state index < -0.39 is 12.2 Å². The number of carbonyl (C=O) groups excluding carboxylic acids is 1. The highest BCUT2D eigenvalue weighted by Gasteiger charge is 2.13. The minimum absolute atomic E-state index is 0.208. The van der Waals surface area contributed by atoms with Gasteiger partial charge in [-0.1, -0.05) is 117 Å². The fourth-order valence-corrected chi connectivity index (χ4v) is 3.65. The molecular weight excluding hydrogens is 390 g/mol. The lowest BCUT2D eigenvalue weighted by atomic mass is 10.0. The number of carbonyl (C=O) groups is 1. The number of rotatable bonds is 24. The Labute approximate surface area is 193 Å². The van der Waals surface area contributed by atoms with Crippen molar-refractivity contribution in [3.63, 3.8) is 0 Å². The van der Waals surface area contributed by atoms with Gasteiger partial charge < -0.3 is 19.9 Å². The van der Waals surface area contributed by atoms with Crippen LogP contribution in [-0.4, -0.2) is 43.7 Å². The second kappa shape index (κ2) is 25.5. The molecule has 0 radical (unpaired) electrons. The molecule has 0 heterocycles. The van der Waals surface area contributed by atoms with Gasteiger partial charge in [0.05, 0.1) is 13.2 Å². The lowest BCUT2D eigenvalue weighted by Gasteiger charge is -2.16. The summed E-state index contributed by atoms with van der Waals surface area (Å²) in [6.07, 6.45) is 22.6. The van der Waals surface area contributed by atoms with Gasteiger partial charge in [-0.3, -0.25) is 0 Å². The van der Waals surface area contributed by atoms with Crippen LogP contribution < -0.4 is 5.32 Å². The number of alkyl carbamates (subject to hydrolysis) is 1. The van der Waals surface area contributed by atoms with Crippen molar-refractivity contribution in [2.24, 2.45) is 0 Å². The minimum Gasteiger partial charge on any atom is -0.441 e. The van der Waals surface area contributed by atoms with E-state index in [9.17, 15) is 9.90 Å². The van der Waals surface area contributed by atoms with Crippen molar-refractivity contribution in [3.05, 3.63) is 0 Å². The largest absolute Gasteiger partial charge is 0.441 e. The van der Waals surface area contributed by atoms with E-state index in [4.69, 9.17) is 9.47 Å². The first kappa shape index (κ1) is 30.2. The summed E-state index contributed by atoms with van der Waals surface area (Å²) in [5.41, 5.74) is 0. The molecule has 31 heavy (non-hydrogen) atoms. The first-order valence-electron chi connectivity index (χ1n) is 13.4. The standard InChI is InChI=1S/C26H53NO4/c1-3-5-7-8-9-10-11-12-13-14-15-16-17-18-19-20-22-30-24-25(23-28)31-26(29)27-21-6-4-2/h25,28H,3-24H2,1-2H3,(H,27,29). The summed E-state index contributed by atoms with van der Waals surface area (Å²) in [6, 6.07) is 0. The van der Waals surface area contributed by atoms with Crippen molar-refractivity contribution < 1.29 is 19.4 Å². The van der Waals surface area contributed by atoms with Crippen LogP contribution in [0.2, 0.25) is 0 Å². The van der Waals surface area contributed by atoms with Gasteiger partial charge in [0.25, 0.3) is 0 Å². The second-order valence-corrected chi connectivity index (χ2v) is 8.87. The van der Waals surface area contributed by atoms with Crippen LogP contribution in [0.15, 0.2) is 0 Å². The monoisotopic (exact) mass is 443 g/mol. The summed E-state index contributed by atoms with van der Waals surface area (Å²) in [6.45, 7) is 5.66. The number of unbranched alkanes of at least 4 members (excludes halogenated alkanes) is 16. The Morgan fingerprint density at radius 2 is 1.16 bits per heavy atom. The Bertz CT molecular complexity index is 365. The molecule has 0 aliphatic carbocycles. The normalized spacial score (nSPS) is 12.1. The summed E-state index contributed by atoms with van der Waals surface area (Å²) >= 11 is 0. The Balaban J connectivity index is 3.28. The van der Waals surface area contributed by atoms with Crippen LogP contribution in [0.5, 0.6) is 0 Å². The molecule has 0 aromatic carbocycles. The van der Waals surface area contributed by atoms with E-state index >= 15 is 0 Å². The third-order valence-electron chi connectivity index (χ3n) is 5.72. The van der Waals surface area contributed by atoms with Gasteiger partial charge in [-0.15, -0.1) is 0 Å². The van der Waals surface area contributed by atoms with Gasteiger partial charge in [0.1, 0.15) is 6.10 Å². The van der Waals surface area contributed by atoms with Crippen molar-refractivity contribution in [2.75, 3.05) is 26.4 Å². The van der Waals surface area contributed by atoms with Crippen LogP contribution in [-0.2, 0) is 9.47 Å². The summed E-state index contributed by atoms with van der Waals surface area (Å²) in [5.74, 6) is 0. The first-order valence-corrected chi connectivity index (χ1v) is 13.4. The number of hydrogen-bond donors (Lipinski definition) is 2. The molecule has 2 N–H and O–H groups in total. The molecule has 0 aromatic rings. The van der Waals surface area contributed by atoms with Gasteiger partial charge in [-0.2, -0.15) is 0 Å². The average Bonchev–Trinajstić information content (AvgIpc) is 2.77. The quantitative estimate of drug-likeness (QED) is 0.155.